The van der Waals surface area contributed by atoms with Crippen molar-refractivity contribution in [1.82, 2.24) is 5.32 Å². The molecule has 1 atom stereocenters. The summed E-state index contributed by atoms with van der Waals surface area (Å²) in [6.07, 6.45) is 2.30. The lowest BCUT2D eigenvalue weighted by Gasteiger charge is -2.34. The number of piperidine rings is 1. The minimum Gasteiger partial charge on any atom is -0.396 e. The molecule has 2 rings (SSSR count). The predicted molar refractivity (Wildman–Crippen MR) is 88.1 cm³/mol. The minimum absolute atomic E-state index is 0.296. The van der Waals surface area contributed by atoms with Crippen LogP contribution < -0.4 is 10.2 Å². The van der Waals surface area contributed by atoms with Crippen LogP contribution in [0.5, 0.6) is 0 Å². The number of halogens is 1. The number of anilines is 1. The molecule has 1 aromatic rings. The zero-order valence-electron chi connectivity index (χ0n) is 12.4. The van der Waals surface area contributed by atoms with Crippen LogP contribution in [0.2, 0.25) is 0 Å². The van der Waals surface area contributed by atoms with E-state index in [-0.39, 0.29) is 0 Å². The molecule has 112 valence electrons. The van der Waals surface area contributed by atoms with E-state index in [2.05, 4.69) is 58.2 Å². The van der Waals surface area contributed by atoms with Crippen LogP contribution >= 0.6 is 15.9 Å². The maximum atomic E-state index is 9.34. The zero-order valence-corrected chi connectivity index (χ0v) is 14.0. The fourth-order valence-electron chi connectivity index (χ4n) is 2.67. The van der Waals surface area contributed by atoms with Crippen molar-refractivity contribution in [2.24, 2.45) is 5.92 Å². The Labute approximate surface area is 130 Å². The SMILES string of the molecule is CC(C)NCc1ccc(N2CCCC(CO)C2)c(Br)c1. The third kappa shape index (κ3) is 4.21. The van der Waals surface area contributed by atoms with E-state index in [1.165, 1.54) is 11.3 Å². The number of nitrogens with zero attached hydrogens (tertiary/aromatic N) is 1. The highest BCUT2D eigenvalue weighted by Gasteiger charge is 2.20. The molecule has 0 spiro atoms. The number of aliphatic hydroxyl groups is 1. The summed E-state index contributed by atoms with van der Waals surface area (Å²) in [4.78, 5) is 2.38. The summed E-state index contributed by atoms with van der Waals surface area (Å²) in [6.45, 7) is 7.55. The quantitative estimate of drug-likeness (QED) is 0.864. The van der Waals surface area contributed by atoms with Crippen molar-refractivity contribution in [3.05, 3.63) is 28.2 Å². The van der Waals surface area contributed by atoms with Crippen molar-refractivity contribution >= 4 is 21.6 Å². The third-order valence-electron chi connectivity index (χ3n) is 3.84. The van der Waals surface area contributed by atoms with E-state index in [9.17, 15) is 5.11 Å². The van der Waals surface area contributed by atoms with Crippen LogP contribution in [0.15, 0.2) is 22.7 Å². The van der Waals surface area contributed by atoms with E-state index >= 15 is 0 Å². The van der Waals surface area contributed by atoms with Crippen molar-refractivity contribution in [2.45, 2.75) is 39.3 Å². The molecule has 1 aliphatic heterocycles. The van der Waals surface area contributed by atoms with Crippen LogP contribution in [-0.4, -0.2) is 30.8 Å². The highest BCUT2D eigenvalue weighted by molar-refractivity contribution is 9.10. The molecule has 1 unspecified atom stereocenters. The minimum atomic E-state index is 0.296. The van der Waals surface area contributed by atoms with Gasteiger partial charge in [0.05, 0.1) is 5.69 Å². The summed E-state index contributed by atoms with van der Waals surface area (Å²) in [6, 6.07) is 7.09. The zero-order chi connectivity index (χ0) is 14.5. The van der Waals surface area contributed by atoms with E-state index in [0.29, 0.717) is 18.6 Å². The van der Waals surface area contributed by atoms with Gasteiger partial charge in [-0.05, 0) is 52.4 Å². The van der Waals surface area contributed by atoms with Crippen molar-refractivity contribution < 1.29 is 5.11 Å². The second-order valence-electron chi connectivity index (χ2n) is 5.96. The van der Waals surface area contributed by atoms with E-state index in [4.69, 9.17) is 0 Å². The Morgan fingerprint density at radius 3 is 2.90 bits per heavy atom. The van der Waals surface area contributed by atoms with Crippen LogP contribution in [0.25, 0.3) is 0 Å². The molecule has 0 bridgehead atoms. The molecule has 2 N–H and O–H groups in total. The predicted octanol–water partition coefficient (Wildman–Crippen LogP) is 3.16. The van der Waals surface area contributed by atoms with Crippen LogP contribution in [0.4, 0.5) is 5.69 Å². The number of hydrogen-bond donors (Lipinski definition) is 2. The molecule has 0 aromatic heterocycles. The lowest BCUT2D eigenvalue weighted by Crippen LogP contribution is -2.37. The van der Waals surface area contributed by atoms with Gasteiger partial charge in [0.2, 0.25) is 0 Å². The van der Waals surface area contributed by atoms with Gasteiger partial charge in [-0.15, -0.1) is 0 Å². The molecule has 1 fully saturated rings. The highest BCUT2D eigenvalue weighted by Crippen LogP contribution is 2.30. The Hall–Kier alpha value is -0.580. The Balaban J connectivity index is 2.05. The van der Waals surface area contributed by atoms with Gasteiger partial charge in [-0.3, -0.25) is 0 Å². The standard InChI is InChI=1S/C16H25BrN2O/c1-12(2)18-9-13-5-6-16(15(17)8-13)19-7-3-4-14(10-19)11-20/h5-6,8,12,14,18,20H,3-4,7,9-11H2,1-2H3. The lowest BCUT2D eigenvalue weighted by atomic mass is 9.98. The topological polar surface area (TPSA) is 35.5 Å². The molecule has 1 aromatic carbocycles. The number of rotatable bonds is 5. The Morgan fingerprint density at radius 1 is 1.45 bits per heavy atom. The average Bonchev–Trinajstić information content (AvgIpc) is 2.45. The van der Waals surface area contributed by atoms with Gasteiger partial charge in [0, 0.05) is 36.8 Å². The molecular weight excluding hydrogens is 316 g/mol. The summed E-state index contributed by atoms with van der Waals surface area (Å²) in [5, 5.41) is 12.8. The van der Waals surface area contributed by atoms with E-state index in [0.717, 1.165) is 36.9 Å². The summed E-state index contributed by atoms with van der Waals surface area (Å²) in [5.74, 6) is 0.415. The number of aliphatic hydroxyl groups excluding tert-OH is 1. The number of hydrogen-bond acceptors (Lipinski definition) is 3. The van der Waals surface area contributed by atoms with Crippen molar-refractivity contribution in [1.29, 1.82) is 0 Å². The maximum absolute atomic E-state index is 9.34. The first-order valence-corrected chi connectivity index (χ1v) is 8.27. The lowest BCUT2D eigenvalue weighted by molar-refractivity contribution is 0.208. The van der Waals surface area contributed by atoms with Gasteiger partial charge in [0.25, 0.3) is 0 Å². The summed E-state index contributed by atoms with van der Waals surface area (Å²) in [5.41, 5.74) is 2.54. The first-order valence-electron chi connectivity index (χ1n) is 7.47. The third-order valence-corrected chi connectivity index (χ3v) is 4.48. The number of benzene rings is 1. The smallest absolute Gasteiger partial charge is 0.0510 e. The van der Waals surface area contributed by atoms with E-state index < -0.39 is 0 Å². The van der Waals surface area contributed by atoms with Crippen LogP contribution in [0.1, 0.15) is 32.3 Å². The molecule has 4 heteroatoms. The molecule has 3 nitrogen and oxygen atoms in total. The van der Waals surface area contributed by atoms with E-state index in [1.54, 1.807) is 0 Å². The molecule has 20 heavy (non-hydrogen) atoms. The molecule has 1 saturated heterocycles. The normalized spacial score (nSPS) is 19.6. The molecule has 0 radical (unpaired) electrons. The first kappa shape index (κ1) is 15.8. The van der Waals surface area contributed by atoms with Gasteiger partial charge in [0.1, 0.15) is 0 Å². The second-order valence-corrected chi connectivity index (χ2v) is 6.81. The summed E-state index contributed by atoms with van der Waals surface area (Å²) >= 11 is 3.70. The maximum Gasteiger partial charge on any atom is 0.0510 e. The monoisotopic (exact) mass is 340 g/mol. The van der Waals surface area contributed by atoms with Gasteiger partial charge in [-0.25, -0.2) is 0 Å². The molecule has 1 heterocycles. The van der Waals surface area contributed by atoms with Crippen molar-refractivity contribution in [2.75, 3.05) is 24.6 Å². The number of nitrogens with one attached hydrogen (secondary N) is 1. The van der Waals surface area contributed by atoms with Crippen molar-refractivity contribution in [3.8, 4) is 0 Å². The Morgan fingerprint density at radius 2 is 2.25 bits per heavy atom. The van der Waals surface area contributed by atoms with Crippen LogP contribution in [-0.2, 0) is 6.54 Å². The fraction of sp³-hybridized carbons (Fsp3) is 0.625. The average molecular weight is 341 g/mol. The first-order chi connectivity index (χ1) is 9.60. The van der Waals surface area contributed by atoms with Gasteiger partial charge in [-0.2, -0.15) is 0 Å². The Bertz CT molecular complexity index is 436. The van der Waals surface area contributed by atoms with Gasteiger partial charge >= 0.3 is 0 Å². The Kier molecular flexibility index (Phi) is 5.87. The van der Waals surface area contributed by atoms with Gasteiger partial charge < -0.3 is 15.3 Å². The molecule has 0 saturated carbocycles. The summed E-state index contributed by atoms with van der Waals surface area (Å²) in [7, 11) is 0. The van der Waals surface area contributed by atoms with Crippen molar-refractivity contribution in [3.63, 3.8) is 0 Å². The van der Waals surface area contributed by atoms with E-state index in [1.807, 2.05) is 0 Å². The summed E-state index contributed by atoms with van der Waals surface area (Å²) < 4.78 is 1.15. The molecule has 0 aliphatic carbocycles. The van der Waals surface area contributed by atoms with Crippen LogP contribution in [0, 0.1) is 5.92 Å². The fourth-order valence-corrected chi connectivity index (χ4v) is 3.35. The van der Waals surface area contributed by atoms with Crippen LogP contribution in [0.3, 0.4) is 0 Å². The van der Waals surface area contributed by atoms with Gasteiger partial charge in [-0.1, -0.05) is 19.9 Å². The van der Waals surface area contributed by atoms with Gasteiger partial charge in [0.15, 0.2) is 0 Å². The molecular formula is C16H25BrN2O. The molecule has 1 aliphatic rings. The highest BCUT2D eigenvalue weighted by atomic mass is 79.9. The second kappa shape index (κ2) is 7.43. The molecule has 0 amide bonds. The largest absolute Gasteiger partial charge is 0.396 e.